The molecule has 140 valence electrons. The zero-order valence-corrected chi connectivity index (χ0v) is 14.4. The molecule has 0 bridgehead atoms. The fourth-order valence-corrected chi connectivity index (χ4v) is 3.30. The van der Waals surface area contributed by atoms with Crippen LogP contribution >= 0.6 is 11.6 Å². The number of benzene rings is 1. The van der Waals surface area contributed by atoms with Crippen LogP contribution in [-0.2, 0) is 19.1 Å². The summed E-state index contributed by atoms with van der Waals surface area (Å²) < 4.78 is 39.1. The molecule has 1 aromatic carbocycles. The zero-order valence-electron chi connectivity index (χ0n) is 13.7. The van der Waals surface area contributed by atoms with Crippen LogP contribution in [0.25, 0.3) is 0 Å². The maximum absolute atomic E-state index is 13.0. The molecule has 0 atom stereocenters. The Bertz CT molecular complexity index is 998. The molecule has 7 nitrogen and oxygen atoms in total. The first-order chi connectivity index (χ1) is 12.9. The van der Waals surface area contributed by atoms with E-state index in [1.165, 1.54) is 26.6 Å². The van der Waals surface area contributed by atoms with Crippen molar-refractivity contribution in [1.29, 1.82) is 0 Å². The predicted molar refractivity (Wildman–Crippen MR) is 87.9 cm³/mol. The van der Waals surface area contributed by atoms with Crippen LogP contribution in [0.1, 0.15) is 27.3 Å². The summed E-state index contributed by atoms with van der Waals surface area (Å²) >= 11 is 5.87. The molecule has 3 heterocycles. The molecular weight excluding hydrogens is 385 g/mol. The Morgan fingerprint density at radius 2 is 2.04 bits per heavy atom. The molecule has 0 saturated carbocycles. The fraction of sp³-hybridized carbons (Fsp3) is 0.250. The van der Waals surface area contributed by atoms with E-state index in [0.717, 1.165) is 11.8 Å². The first-order valence-corrected chi connectivity index (χ1v) is 8.33. The number of hydrogen-bond acceptors (Lipinski definition) is 4. The Morgan fingerprint density at radius 3 is 2.74 bits per heavy atom. The minimum Gasteiger partial charge on any atom is -0.332 e. The summed E-state index contributed by atoms with van der Waals surface area (Å²) in [4.78, 5) is 17.2. The fourth-order valence-electron chi connectivity index (χ4n) is 2.99. The van der Waals surface area contributed by atoms with Gasteiger partial charge in [-0.1, -0.05) is 17.7 Å². The summed E-state index contributed by atoms with van der Waals surface area (Å²) in [6.45, 7) is 0.426. The van der Waals surface area contributed by atoms with Gasteiger partial charge in [0.1, 0.15) is 5.69 Å². The number of alkyl halides is 3. The second-order valence-corrected chi connectivity index (χ2v) is 6.32. The quantitative estimate of drug-likeness (QED) is 0.668. The van der Waals surface area contributed by atoms with Crippen LogP contribution in [-0.4, -0.2) is 42.3 Å². The third-order valence-electron chi connectivity index (χ3n) is 4.29. The van der Waals surface area contributed by atoms with E-state index in [0.29, 0.717) is 18.7 Å². The van der Waals surface area contributed by atoms with Gasteiger partial charge in [0.25, 0.3) is 5.91 Å². The molecule has 0 aliphatic carbocycles. The van der Waals surface area contributed by atoms with E-state index in [4.69, 9.17) is 11.6 Å². The molecule has 1 aliphatic rings. The second-order valence-electron chi connectivity index (χ2n) is 5.94. The highest BCUT2D eigenvalue weighted by molar-refractivity contribution is 6.34. The lowest BCUT2D eigenvalue weighted by molar-refractivity contribution is -0.137. The highest BCUT2D eigenvalue weighted by Crippen LogP contribution is 2.36. The average Bonchev–Trinajstić information content (AvgIpc) is 3.29. The number of nitrogens with zero attached hydrogens (tertiary/aromatic N) is 6. The predicted octanol–water partition coefficient (Wildman–Crippen LogP) is 2.66. The van der Waals surface area contributed by atoms with E-state index in [2.05, 4.69) is 15.4 Å². The SMILES string of the molecule is O=C(c1cccc(C(F)(F)F)c1Cl)N1CCc2c(nnn2-n2cccn2)C1. The average molecular weight is 397 g/mol. The van der Waals surface area contributed by atoms with Crippen molar-refractivity contribution in [3.05, 3.63) is 64.2 Å². The summed E-state index contributed by atoms with van der Waals surface area (Å²) in [7, 11) is 0. The summed E-state index contributed by atoms with van der Waals surface area (Å²) in [5.74, 6) is -0.578. The second kappa shape index (κ2) is 6.38. The van der Waals surface area contributed by atoms with Crippen molar-refractivity contribution in [2.24, 2.45) is 0 Å². The van der Waals surface area contributed by atoms with Crippen molar-refractivity contribution in [2.75, 3.05) is 6.54 Å². The highest BCUT2D eigenvalue weighted by atomic mass is 35.5. The molecule has 1 aliphatic heterocycles. The third kappa shape index (κ3) is 3.05. The summed E-state index contributed by atoms with van der Waals surface area (Å²) in [6.07, 6.45) is -0.892. The molecule has 2 aromatic heterocycles. The minimum absolute atomic E-state index is 0.127. The Balaban J connectivity index is 1.61. The molecule has 0 saturated heterocycles. The van der Waals surface area contributed by atoms with E-state index < -0.39 is 22.7 Å². The van der Waals surface area contributed by atoms with Crippen LogP contribution in [0.4, 0.5) is 13.2 Å². The maximum Gasteiger partial charge on any atom is 0.417 e. The van der Waals surface area contributed by atoms with Gasteiger partial charge in [-0.3, -0.25) is 4.79 Å². The molecule has 0 radical (unpaired) electrons. The molecule has 27 heavy (non-hydrogen) atoms. The number of fused-ring (bicyclic) bond motifs is 1. The van der Waals surface area contributed by atoms with Crippen LogP contribution in [0.15, 0.2) is 36.7 Å². The summed E-state index contributed by atoms with van der Waals surface area (Å²) in [5, 5.41) is 11.6. The number of rotatable bonds is 2. The van der Waals surface area contributed by atoms with Gasteiger partial charge in [0.05, 0.1) is 40.8 Å². The molecule has 4 rings (SSSR count). The van der Waals surface area contributed by atoms with Crippen molar-refractivity contribution >= 4 is 17.5 Å². The highest BCUT2D eigenvalue weighted by Gasteiger charge is 2.36. The van der Waals surface area contributed by atoms with Gasteiger partial charge in [-0.25, -0.2) is 0 Å². The van der Waals surface area contributed by atoms with Crippen LogP contribution in [0.5, 0.6) is 0 Å². The molecule has 0 fully saturated rings. The third-order valence-corrected chi connectivity index (χ3v) is 4.70. The van der Waals surface area contributed by atoms with Crippen LogP contribution < -0.4 is 0 Å². The van der Waals surface area contributed by atoms with Crippen molar-refractivity contribution < 1.29 is 18.0 Å². The minimum atomic E-state index is -4.63. The maximum atomic E-state index is 13.0. The van der Waals surface area contributed by atoms with Crippen LogP contribution in [0.2, 0.25) is 5.02 Å². The van der Waals surface area contributed by atoms with E-state index in [1.54, 1.807) is 18.5 Å². The molecule has 0 spiro atoms. The van der Waals surface area contributed by atoms with Crippen molar-refractivity contribution in [2.45, 2.75) is 19.1 Å². The first-order valence-electron chi connectivity index (χ1n) is 7.95. The van der Waals surface area contributed by atoms with Gasteiger partial charge in [-0.2, -0.15) is 23.1 Å². The van der Waals surface area contributed by atoms with Gasteiger partial charge in [-0.15, -0.1) is 9.89 Å². The van der Waals surface area contributed by atoms with Gasteiger partial charge in [0.2, 0.25) is 0 Å². The van der Waals surface area contributed by atoms with Crippen molar-refractivity contribution in [3.8, 4) is 0 Å². The molecule has 3 aromatic rings. The zero-order chi connectivity index (χ0) is 19.2. The number of hydrogen-bond donors (Lipinski definition) is 0. The van der Waals surface area contributed by atoms with E-state index >= 15 is 0 Å². The lowest BCUT2D eigenvalue weighted by atomic mass is 10.1. The molecule has 0 N–H and O–H groups in total. The summed E-state index contributed by atoms with van der Waals surface area (Å²) in [5.41, 5.74) is 0.137. The lowest BCUT2D eigenvalue weighted by Crippen LogP contribution is -2.37. The normalized spacial score (nSPS) is 14.3. The summed E-state index contributed by atoms with van der Waals surface area (Å²) in [6, 6.07) is 5.05. The van der Waals surface area contributed by atoms with Gasteiger partial charge in [0, 0.05) is 13.0 Å². The monoisotopic (exact) mass is 396 g/mol. The number of carbonyl (C=O) groups is 1. The number of amides is 1. The van der Waals surface area contributed by atoms with E-state index in [-0.39, 0.29) is 12.1 Å². The topological polar surface area (TPSA) is 68.8 Å². The number of carbonyl (C=O) groups excluding carboxylic acids is 1. The molecular formula is C16H12ClF3N6O. The Kier molecular flexibility index (Phi) is 4.14. The Hall–Kier alpha value is -2.88. The van der Waals surface area contributed by atoms with Crippen LogP contribution in [0.3, 0.4) is 0 Å². The molecule has 0 unspecified atom stereocenters. The van der Waals surface area contributed by atoms with Gasteiger partial charge < -0.3 is 4.90 Å². The largest absolute Gasteiger partial charge is 0.417 e. The van der Waals surface area contributed by atoms with Gasteiger partial charge in [-0.05, 0) is 23.4 Å². The van der Waals surface area contributed by atoms with Crippen molar-refractivity contribution in [3.63, 3.8) is 0 Å². The lowest BCUT2D eigenvalue weighted by Gasteiger charge is -2.27. The number of aromatic nitrogens is 5. The Labute approximate surface area is 155 Å². The Morgan fingerprint density at radius 1 is 1.22 bits per heavy atom. The van der Waals surface area contributed by atoms with Crippen LogP contribution in [0, 0.1) is 0 Å². The smallest absolute Gasteiger partial charge is 0.332 e. The van der Waals surface area contributed by atoms with E-state index in [9.17, 15) is 18.0 Å². The van der Waals surface area contributed by atoms with Crippen molar-refractivity contribution in [1.82, 2.24) is 29.9 Å². The molecule has 11 heteroatoms. The standard InChI is InChI=1S/C16H12ClF3N6O/c17-14-10(3-1-4-11(14)16(18,19)20)15(27)24-8-5-13-12(9-24)22-23-26(13)25-7-2-6-21-25/h1-4,6-7H,5,8-9H2. The van der Waals surface area contributed by atoms with E-state index in [1.807, 2.05) is 0 Å². The van der Waals surface area contributed by atoms with Gasteiger partial charge in [0.15, 0.2) is 0 Å². The van der Waals surface area contributed by atoms with Gasteiger partial charge >= 0.3 is 6.18 Å². The number of halogens is 4. The molecule has 1 amide bonds. The first kappa shape index (κ1) is 17.5.